The van der Waals surface area contributed by atoms with E-state index in [4.69, 9.17) is 5.11 Å². The SMILES string of the molecule is CS(=O)(=O)NCCCNc1cccc(C(=O)O)c1[N+](=O)[O-]. The molecule has 10 heteroatoms. The van der Waals surface area contributed by atoms with Crippen LogP contribution in [0.4, 0.5) is 11.4 Å². The van der Waals surface area contributed by atoms with Gasteiger partial charge in [0.2, 0.25) is 10.0 Å². The fourth-order valence-corrected chi connectivity index (χ4v) is 2.14. The quantitative estimate of drug-likeness (QED) is 0.363. The van der Waals surface area contributed by atoms with E-state index in [1.807, 2.05) is 0 Å². The lowest BCUT2D eigenvalue weighted by atomic mass is 10.1. The number of anilines is 1. The molecule has 0 aliphatic rings. The molecule has 9 nitrogen and oxygen atoms in total. The van der Waals surface area contributed by atoms with Crippen LogP contribution in [0.25, 0.3) is 0 Å². The number of hydrogen-bond acceptors (Lipinski definition) is 6. The molecule has 0 aliphatic heterocycles. The number of rotatable bonds is 8. The summed E-state index contributed by atoms with van der Waals surface area (Å²) in [6.45, 7) is 0.435. The van der Waals surface area contributed by atoms with Gasteiger partial charge in [-0.15, -0.1) is 0 Å². The van der Waals surface area contributed by atoms with Crippen molar-refractivity contribution in [2.75, 3.05) is 24.7 Å². The number of carboxylic acid groups (broad SMARTS) is 1. The second-order valence-corrected chi connectivity index (χ2v) is 6.04. The Morgan fingerprint density at radius 2 is 2.05 bits per heavy atom. The van der Waals surface area contributed by atoms with Crippen LogP contribution in [0.5, 0.6) is 0 Å². The lowest BCUT2D eigenvalue weighted by molar-refractivity contribution is -0.384. The molecule has 1 aromatic rings. The van der Waals surface area contributed by atoms with E-state index in [9.17, 15) is 23.3 Å². The van der Waals surface area contributed by atoms with Crippen LogP contribution in [0.3, 0.4) is 0 Å². The van der Waals surface area contributed by atoms with Gasteiger partial charge in [-0.3, -0.25) is 10.1 Å². The highest BCUT2D eigenvalue weighted by Crippen LogP contribution is 2.28. The number of carboxylic acids is 1. The Morgan fingerprint density at radius 1 is 1.38 bits per heavy atom. The normalized spacial score (nSPS) is 11.1. The van der Waals surface area contributed by atoms with Crippen molar-refractivity contribution in [3.63, 3.8) is 0 Å². The molecule has 0 heterocycles. The third-order valence-electron chi connectivity index (χ3n) is 2.48. The highest BCUT2D eigenvalue weighted by Gasteiger charge is 2.23. The van der Waals surface area contributed by atoms with Crippen molar-refractivity contribution in [1.82, 2.24) is 4.72 Å². The van der Waals surface area contributed by atoms with Crippen LogP contribution >= 0.6 is 0 Å². The number of sulfonamides is 1. The van der Waals surface area contributed by atoms with Crippen molar-refractivity contribution in [3.05, 3.63) is 33.9 Å². The first kappa shape index (κ1) is 16.9. The molecular formula is C11H15N3O6S. The fourth-order valence-electron chi connectivity index (χ4n) is 1.62. The van der Waals surface area contributed by atoms with Crippen molar-refractivity contribution in [2.24, 2.45) is 0 Å². The largest absolute Gasteiger partial charge is 0.477 e. The lowest BCUT2D eigenvalue weighted by Gasteiger charge is -2.08. The molecule has 0 saturated carbocycles. The fraction of sp³-hybridized carbons (Fsp3) is 0.364. The van der Waals surface area contributed by atoms with Gasteiger partial charge in [0, 0.05) is 13.1 Å². The third-order valence-corrected chi connectivity index (χ3v) is 3.21. The maximum Gasteiger partial charge on any atom is 0.342 e. The van der Waals surface area contributed by atoms with Crippen LogP contribution in [-0.4, -0.2) is 43.8 Å². The molecule has 1 aromatic carbocycles. The van der Waals surface area contributed by atoms with Crippen LogP contribution in [-0.2, 0) is 10.0 Å². The van der Waals surface area contributed by atoms with Crippen molar-refractivity contribution in [1.29, 1.82) is 0 Å². The first-order valence-electron chi connectivity index (χ1n) is 5.91. The summed E-state index contributed by atoms with van der Waals surface area (Å²) in [5.74, 6) is -1.39. The molecule has 0 spiro atoms. The molecule has 1 rings (SSSR count). The summed E-state index contributed by atoms with van der Waals surface area (Å²) in [7, 11) is -3.27. The minimum Gasteiger partial charge on any atom is -0.477 e. The van der Waals surface area contributed by atoms with Gasteiger partial charge in [0.05, 0.1) is 11.2 Å². The molecule has 0 bridgehead atoms. The first-order valence-corrected chi connectivity index (χ1v) is 7.80. The number of para-hydroxylation sites is 1. The number of benzene rings is 1. The summed E-state index contributed by atoms with van der Waals surface area (Å²) in [5.41, 5.74) is -0.834. The van der Waals surface area contributed by atoms with E-state index in [1.165, 1.54) is 12.1 Å². The molecular weight excluding hydrogens is 302 g/mol. The predicted molar refractivity (Wildman–Crippen MR) is 76.0 cm³/mol. The van der Waals surface area contributed by atoms with Crippen LogP contribution < -0.4 is 10.0 Å². The molecule has 0 aliphatic carbocycles. The smallest absolute Gasteiger partial charge is 0.342 e. The standard InChI is InChI=1S/C11H15N3O6S/c1-21(19,20)13-7-3-6-12-9-5-2-4-8(11(15)16)10(9)14(17)18/h2,4-5,12-13H,3,6-7H2,1H3,(H,15,16). The maximum absolute atomic E-state index is 11.0. The van der Waals surface area contributed by atoms with Crippen molar-refractivity contribution in [2.45, 2.75) is 6.42 Å². The number of aromatic carboxylic acids is 1. The highest BCUT2D eigenvalue weighted by molar-refractivity contribution is 7.88. The van der Waals surface area contributed by atoms with Gasteiger partial charge >= 0.3 is 11.7 Å². The van der Waals surface area contributed by atoms with Gasteiger partial charge < -0.3 is 10.4 Å². The van der Waals surface area contributed by atoms with Crippen molar-refractivity contribution in [3.8, 4) is 0 Å². The summed E-state index contributed by atoms with van der Waals surface area (Å²) in [6, 6.07) is 3.94. The minimum atomic E-state index is -3.27. The second kappa shape index (κ2) is 6.99. The van der Waals surface area contributed by atoms with E-state index < -0.39 is 32.2 Å². The van der Waals surface area contributed by atoms with E-state index in [1.54, 1.807) is 0 Å². The summed E-state index contributed by atoms with van der Waals surface area (Å²) in [5, 5.41) is 22.6. The summed E-state index contributed by atoms with van der Waals surface area (Å²) >= 11 is 0. The molecule has 0 atom stereocenters. The molecule has 0 fully saturated rings. The van der Waals surface area contributed by atoms with Crippen LogP contribution in [0.1, 0.15) is 16.8 Å². The summed E-state index contributed by atoms with van der Waals surface area (Å²) in [6.07, 6.45) is 1.42. The Morgan fingerprint density at radius 3 is 2.57 bits per heavy atom. The Bertz CT molecular complexity index is 643. The minimum absolute atomic E-state index is 0.0826. The Balaban J connectivity index is 2.73. The monoisotopic (exact) mass is 317 g/mol. The van der Waals surface area contributed by atoms with E-state index in [-0.39, 0.29) is 18.8 Å². The Hall–Kier alpha value is -2.20. The average Bonchev–Trinajstić information content (AvgIpc) is 2.36. The second-order valence-electron chi connectivity index (χ2n) is 4.21. The lowest BCUT2D eigenvalue weighted by Crippen LogP contribution is -2.24. The molecule has 3 N–H and O–H groups in total. The number of nitrogens with one attached hydrogen (secondary N) is 2. The molecule has 0 aromatic heterocycles. The Labute approximate surface area is 121 Å². The average molecular weight is 317 g/mol. The molecule has 0 amide bonds. The molecule has 0 unspecified atom stereocenters. The van der Waals surface area contributed by atoms with Crippen LogP contribution in [0.15, 0.2) is 18.2 Å². The van der Waals surface area contributed by atoms with Gasteiger partial charge in [-0.25, -0.2) is 17.9 Å². The molecule has 0 saturated heterocycles. The molecule has 21 heavy (non-hydrogen) atoms. The zero-order chi connectivity index (χ0) is 16.0. The number of hydrogen-bond donors (Lipinski definition) is 3. The van der Waals surface area contributed by atoms with Gasteiger partial charge in [-0.2, -0.15) is 0 Å². The van der Waals surface area contributed by atoms with Gasteiger partial charge in [0.15, 0.2) is 0 Å². The first-order chi connectivity index (χ1) is 9.72. The predicted octanol–water partition coefficient (Wildman–Crippen LogP) is 0.644. The van der Waals surface area contributed by atoms with E-state index >= 15 is 0 Å². The number of nitrogens with zero attached hydrogens (tertiary/aromatic N) is 1. The number of carbonyl (C=O) groups is 1. The maximum atomic E-state index is 11.0. The third kappa shape index (κ3) is 5.36. The van der Waals surface area contributed by atoms with Crippen molar-refractivity contribution >= 4 is 27.4 Å². The summed E-state index contributed by atoms with van der Waals surface area (Å²) < 4.78 is 24.0. The summed E-state index contributed by atoms with van der Waals surface area (Å²) in [4.78, 5) is 21.2. The van der Waals surface area contributed by atoms with Gasteiger partial charge in [-0.1, -0.05) is 6.07 Å². The number of nitro benzene ring substituents is 1. The van der Waals surface area contributed by atoms with E-state index in [2.05, 4.69) is 10.0 Å². The van der Waals surface area contributed by atoms with Gasteiger partial charge in [0.25, 0.3) is 0 Å². The van der Waals surface area contributed by atoms with E-state index in [0.29, 0.717) is 6.42 Å². The van der Waals surface area contributed by atoms with Gasteiger partial charge in [0.1, 0.15) is 11.3 Å². The Kier molecular flexibility index (Phi) is 5.61. The number of nitro groups is 1. The van der Waals surface area contributed by atoms with Crippen LogP contribution in [0.2, 0.25) is 0 Å². The zero-order valence-electron chi connectivity index (χ0n) is 11.2. The van der Waals surface area contributed by atoms with Crippen molar-refractivity contribution < 1.29 is 23.2 Å². The topological polar surface area (TPSA) is 139 Å². The van der Waals surface area contributed by atoms with E-state index in [0.717, 1.165) is 12.3 Å². The zero-order valence-corrected chi connectivity index (χ0v) is 12.0. The molecule has 0 radical (unpaired) electrons. The van der Waals surface area contributed by atoms with Crippen LogP contribution in [0, 0.1) is 10.1 Å². The van der Waals surface area contributed by atoms with Gasteiger partial charge in [-0.05, 0) is 18.6 Å². The highest BCUT2D eigenvalue weighted by atomic mass is 32.2. The molecule has 116 valence electrons.